The molecule has 1 aliphatic heterocycles. The van der Waals surface area contributed by atoms with E-state index in [4.69, 9.17) is 5.26 Å². The minimum absolute atomic E-state index is 0.0687. The third-order valence-electron chi connectivity index (χ3n) is 7.31. The zero-order valence-corrected chi connectivity index (χ0v) is 22.0. The summed E-state index contributed by atoms with van der Waals surface area (Å²) in [7, 11) is 0. The number of hydrogen-bond acceptors (Lipinski definition) is 8. The molecular weight excluding hydrogens is 529 g/mol. The number of alkyl halides is 3. The van der Waals surface area contributed by atoms with Gasteiger partial charge in [-0.25, -0.2) is 15.0 Å². The van der Waals surface area contributed by atoms with Crippen molar-refractivity contribution >= 4 is 28.9 Å². The Bertz CT molecular complexity index is 1410. The van der Waals surface area contributed by atoms with Gasteiger partial charge in [-0.1, -0.05) is 6.07 Å². The van der Waals surface area contributed by atoms with Crippen molar-refractivity contribution in [3.8, 4) is 16.5 Å². The maximum atomic E-state index is 13.0. The van der Waals surface area contributed by atoms with Crippen LogP contribution in [0.3, 0.4) is 0 Å². The van der Waals surface area contributed by atoms with Gasteiger partial charge in [-0.15, -0.1) is 11.3 Å². The molecule has 0 spiro atoms. The number of aliphatic hydroxyl groups is 1. The van der Waals surface area contributed by atoms with E-state index < -0.39 is 17.5 Å². The number of carbonyl (C=O) groups is 1. The number of carbonyl (C=O) groups excluding carboxylic acids is 1. The summed E-state index contributed by atoms with van der Waals surface area (Å²) in [6.45, 7) is 2.97. The summed E-state index contributed by atoms with van der Waals surface area (Å²) in [6.07, 6.45) is 0.809. The van der Waals surface area contributed by atoms with Gasteiger partial charge in [0.2, 0.25) is 11.9 Å². The van der Waals surface area contributed by atoms with Crippen molar-refractivity contribution in [1.29, 1.82) is 5.26 Å². The number of amides is 1. The van der Waals surface area contributed by atoms with Crippen LogP contribution in [0.4, 0.5) is 24.8 Å². The monoisotopic (exact) mass is 556 g/mol. The molecule has 2 N–H and O–H groups in total. The second-order valence-corrected chi connectivity index (χ2v) is 11.2. The Hall–Kier alpha value is -3.56. The van der Waals surface area contributed by atoms with Gasteiger partial charge in [-0.05, 0) is 68.4 Å². The number of nitrogens with zero attached hydrogens (tertiary/aromatic N) is 5. The third kappa shape index (κ3) is 5.89. The molecule has 2 aliphatic rings. The Morgan fingerprint density at radius 3 is 2.69 bits per heavy atom. The molecule has 1 aromatic carbocycles. The van der Waals surface area contributed by atoms with Crippen LogP contribution in [0.25, 0.3) is 10.4 Å². The average Bonchev–Trinajstić information content (AvgIpc) is 3.59. The first kappa shape index (κ1) is 27.0. The topological polar surface area (TPSA) is 115 Å². The Morgan fingerprint density at radius 1 is 1.23 bits per heavy atom. The number of likely N-dealkylation sites (tertiary alicyclic amines) is 1. The molecule has 3 aromatic rings. The van der Waals surface area contributed by atoms with Crippen LogP contribution < -0.4 is 5.32 Å². The molecule has 1 atom stereocenters. The SMILES string of the molecule is Cc1cc(Nc2nccc(C(F)(F)F)n2)cc(-c2cnc(C3(O)CCC(C(=O)N4CCC(C#N)C4)CC3)s2)c1. The Kier molecular flexibility index (Phi) is 7.31. The summed E-state index contributed by atoms with van der Waals surface area (Å²) >= 11 is 1.36. The van der Waals surface area contributed by atoms with Crippen LogP contribution in [0, 0.1) is 30.1 Å². The van der Waals surface area contributed by atoms with E-state index >= 15 is 0 Å². The Labute approximate surface area is 227 Å². The molecule has 1 amide bonds. The predicted molar refractivity (Wildman–Crippen MR) is 139 cm³/mol. The average molecular weight is 557 g/mol. The van der Waals surface area contributed by atoms with Gasteiger partial charge in [0.05, 0.1) is 16.9 Å². The quantitative estimate of drug-likeness (QED) is 0.431. The molecule has 12 heteroatoms. The van der Waals surface area contributed by atoms with Gasteiger partial charge in [0, 0.05) is 37.1 Å². The van der Waals surface area contributed by atoms with E-state index in [1.807, 2.05) is 13.0 Å². The molecule has 204 valence electrons. The van der Waals surface area contributed by atoms with E-state index in [1.54, 1.807) is 23.2 Å². The van der Waals surface area contributed by atoms with Crippen molar-refractivity contribution < 1.29 is 23.1 Å². The summed E-state index contributed by atoms with van der Waals surface area (Å²) < 4.78 is 39.1. The number of nitriles is 1. The van der Waals surface area contributed by atoms with Crippen LogP contribution in [-0.2, 0) is 16.6 Å². The van der Waals surface area contributed by atoms with E-state index in [1.165, 1.54) is 11.3 Å². The number of thiazole rings is 1. The number of anilines is 2. The number of rotatable bonds is 5. The molecular formula is C27H27F3N6O2S. The lowest BCUT2D eigenvalue weighted by Crippen LogP contribution is -2.39. The van der Waals surface area contributed by atoms with Crippen LogP contribution in [0.5, 0.6) is 0 Å². The highest BCUT2D eigenvalue weighted by atomic mass is 32.1. The van der Waals surface area contributed by atoms with Crippen molar-refractivity contribution in [2.24, 2.45) is 11.8 Å². The van der Waals surface area contributed by atoms with Crippen LogP contribution >= 0.6 is 11.3 Å². The fraction of sp³-hybridized carbons (Fsp3) is 0.444. The fourth-order valence-corrected chi connectivity index (χ4v) is 6.26. The molecule has 0 radical (unpaired) electrons. The lowest BCUT2D eigenvalue weighted by atomic mass is 9.78. The van der Waals surface area contributed by atoms with Crippen molar-refractivity contribution in [3.63, 3.8) is 0 Å². The zero-order valence-electron chi connectivity index (χ0n) is 21.2. The Balaban J connectivity index is 1.28. The first-order valence-corrected chi connectivity index (χ1v) is 13.5. The van der Waals surface area contributed by atoms with E-state index in [0.29, 0.717) is 55.9 Å². The first-order valence-electron chi connectivity index (χ1n) is 12.7. The van der Waals surface area contributed by atoms with Gasteiger partial charge in [0.15, 0.2) is 0 Å². The number of aryl methyl sites for hydroxylation is 1. The van der Waals surface area contributed by atoms with Gasteiger partial charge in [-0.2, -0.15) is 18.4 Å². The van der Waals surface area contributed by atoms with E-state index in [2.05, 4.69) is 26.3 Å². The maximum Gasteiger partial charge on any atom is 0.433 e. The van der Waals surface area contributed by atoms with Crippen molar-refractivity contribution in [3.05, 3.63) is 52.9 Å². The second-order valence-electron chi connectivity index (χ2n) is 10.2. The molecule has 5 rings (SSSR count). The van der Waals surface area contributed by atoms with Crippen molar-refractivity contribution in [1.82, 2.24) is 19.9 Å². The summed E-state index contributed by atoms with van der Waals surface area (Å²) in [6, 6.07) is 8.54. The van der Waals surface area contributed by atoms with Crippen molar-refractivity contribution in [2.75, 3.05) is 18.4 Å². The third-order valence-corrected chi connectivity index (χ3v) is 8.55. The summed E-state index contributed by atoms with van der Waals surface area (Å²) in [4.78, 5) is 27.5. The van der Waals surface area contributed by atoms with Crippen LogP contribution in [-0.4, -0.2) is 44.0 Å². The Morgan fingerprint density at radius 2 is 2.00 bits per heavy atom. The highest BCUT2D eigenvalue weighted by Gasteiger charge is 2.41. The van der Waals surface area contributed by atoms with Gasteiger partial charge < -0.3 is 15.3 Å². The molecule has 3 heterocycles. The largest absolute Gasteiger partial charge is 0.433 e. The highest BCUT2D eigenvalue weighted by Crippen LogP contribution is 2.43. The maximum absolute atomic E-state index is 13.0. The van der Waals surface area contributed by atoms with Crippen LogP contribution in [0.2, 0.25) is 0 Å². The minimum Gasteiger partial charge on any atom is -0.383 e. The number of halogens is 3. The van der Waals surface area contributed by atoms with Gasteiger partial charge in [-0.3, -0.25) is 4.79 Å². The predicted octanol–water partition coefficient (Wildman–Crippen LogP) is 5.42. The lowest BCUT2D eigenvalue weighted by Gasteiger charge is -2.35. The molecule has 1 saturated carbocycles. The first-order chi connectivity index (χ1) is 18.5. The van der Waals surface area contributed by atoms with E-state index in [9.17, 15) is 23.1 Å². The number of aromatic nitrogens is 3. The molecule has 1 aliphatic carbocycles. The lowest BCUT2D eigenvalue weighted by molar-refractivity contribution is -0.141. The molecule has 0 bridgehead atoms. The number of hydrogen-bond donors (Lipinski definition) is 2. The molecule has 2 aromatic heterocycles. The number of benzene rings is 1. The zero-order chi connectivity index (χ0) is 27.8. The molecule has 1 unspecified atom stereocenters. The fourth-order valence-electron chi connectivity index (χ4n) is 5.21. The molecule has 8 nitrogen and oxygen atoms in total. The van der Waals surface area contributed by atoms with Gasteiger partial charge >= 0.3 is 6.18 Å². The summed E-state index contributed by atoms with van der Waals surface area (Å²) in [5, 5.41) is 23.9. The van der Waals surface area contributed by atoms with E-state index in [-0.39, 0.29) is 23.7 Å². The van der Waals surface area contributed by atoms with E-state index in [0.717, 1.165) is 28.3 Å². The second kappa shape index (κ2) is 10.5. The smallest absolute Gasteiger partial charge is 0.383 e. The number of nitrogens with one attached hydrogen (secondary N) is 1. The summed E-state index contributed by atoms with van der Waals surface area (Å²) in [5.74, 6) is -0.355. The molecule has 1 saturated heterocycles. The van der Waals surface area contributed by atoms with Crippen LogP contribution in [0.1, 0.15) is 48.4 Å². The molecule has 2 fully saturated rings. The highest BCUT2D eigenvalue weighted by molar-refractivity contribution is 7.15. The summed E-state index contributed by atoms with van der Waals surface area (Å²) in [5.41, 5.74) is 0.0300. The minimum atomic E-state index is -4.57. The molecule has 39 heavy (non-hydrogen) atoms. The van der Waals surface area contributed by atoms with Gasteiger partial charge in [0.25, 0.3) is 0 Å². The standard InChI is InChI=1S/C27H27F3N6O2S/c1-16-10-19(12-20(11-16)34-25-32-8-4-22(35-25)27(28,29)30)21-14-33-24(39-21)26(38)6-2-18(3-7-26)23(37)36-9-5-17(13-31)15-36/h4,8,10-12,14,17-18,38H,2-3,5-7,9,15H2,1H3,(H,32,34,35). The van der Waals surface area contributed by atoms with Gasteiger partial charge in [0.1, 0.15) is 16.3 Å². The van der Waals surface area contributed by atoms with Crippen molar-refractivity contribution in [2.45, 2.75) is 50.8 Å². The van der Waals surface area contributed by atoms with Crippen LogP contribution in [0.15, 0.2) is 36.7 Å². The normalized spacial score (nSPS) is 23.4.